The average Bonchev–Trinajstić information content (AvgIpc) is 2.79. The molecule has 3 aromatic rings. The second-order valence-corrected chi connectivity index (χ2v) is 7.62. The maximum atomic E-state index is 12.2. The van der Waals surface area contributed by atoms with Crippen LogP contribution in [0.4, 0.5) is 0 Å². The van der Waals surface area contributed by atoms with Gasteiger partial charge in [-0.3, -0.25) is 4.79 Å². The van der Waals surface area contributed by atoms with Gasteiger partial charge >= 0.3 is 0 Å². The van der Waals surface area contributed by atoms with Crippen molar-refractivity contribution in [3.8, 4) is 11.5 Å². The van der Waals surface area contributed by atoms with E-state index in [1.807, 2.05) is 31.2 Å². The van der Waals surface area contributed by atoms with Crippen LogP contribution in [-0.4, -0.2) is 19.2 Å². The smallest absolute Gasteiger partial charge is 0.271 e. The van der Waals surface area contributed by atoms with Crippen molar-refractivity contribution >= 4 is 23.7 Å². The van der Waals surface area contributed by atoms with E-state index < -0.39 is 0 Å². The molecule has 0 unspecified atom stereocenters. The van der Waals surface area contributed by atoms with Gasteiger partial charge in [-0.25, -0.2) is 5.43 Å². The number of hydrogen-bond donors (Lipinski definition) is 1. The first-order chi connectivity index (χ1) is 15.5. The number of hydrogen-bond acceptors (Lipinski definition) is 4. The zero-order valence-corrected chi connectivity index (χ0v) is 18.9. The largest absolute Gasteiger partial charge is 0.493 e. The highest BCUT2D eigenvalue weighted by Gasteiger charge is 2.13. The molecule has 0 fully saturated rings. The fourth-order valence-electron chi connectivity index (χ4n) is 3.05. The highest BCUT2D eigenvalue weighted by Crippen LogP contribution is 2.34. The molecule has 0 saturated carbocycles. The quantitative estimate of drug-likeness (QED) is 0.258. The second kappa shape index (κ2) is 11.2. The third kappa shape index (κ3) is 6.22. The molecular weight excluding hydrogens is 424 g/mol. The molecule has 1 N–H and O–H groups in total. The van der Waals surface area contributed by atoms with E-state index in [4.69, 9.17) is 21.1 Å². The number of rotatable bonds is 9. The van der Waals surface area contributed by atoms with Gasteiger partial charge in [0.25, 0.3) is 5.91 Å². The Kier molecular flexibility index (Phi) is 8.06. The zero-order chi connectivity index (χ0) is 22.9. The van der Waals surface area contributed by atoms with Crippen molar-refractivity contribution in [1.82, 2.24) is 5.43 Å². The Labute approximate surface area is 193 Å². The minimum absolute atomic E-state index is 0.325. The number of amides is 1. The average molecular weight is 449 g/mol. The molecule has 0 radical (unpaired) electrons. The predicted molar refractivity (Wildman–Crippen MR) is 129 cm³/mol. The summed E-state index contributed by atoms with van der Waals surface area (Å²) in [6.45, 7) is 6.31. The standard InChI is InChI=1S/C26H25ClN2O3/c1-4-5-22-14-20(16-28-29-26(30)21-10-12-23(27)13-11-21)15-24(31-3)25(22)32-17-19-8-6-18(2)7-9-19/h4,6-16H,1,5,17H2,2-3H3,(H,29,30)/b28-16-. The third-order valence-electron chi connectivity index (χ3n) is 4.73. The van der Waals surface area contributed by atoms with Crippen molar-refractivity contribution in [2.45, 2.75) is 20.0 Å². The summed E-state index contributed by atoms with van der Waals surface area (Å²) >= 11 is 5.86. The fourth-order valence-corrected chi connectivity index (χ4v) is 3.18. The summed E-state index contributed by atoms with van der Waals surface area (Å²) < 4.78 is 11.7. The summed E-state index contributed by atoms with van der Waals surface area (Å²) in [6, 6.07) is 18.5. The molecule has 32 heavy (non-hydrogen) atoms. The normalized spacial score (nSPS) is 10.7. The minimum atomic E-state index is -0.325. The summed E-state index contributed by atoms with van der Waals surface area (Å²) in [7, 11) is 1.59. The Hall–Kier alpha value is -3.57. The number of carbonyl (C=O) groups is 1. The van der Waals surface area contributed by atoms with Crippen LogP contribution in [0.5, 0.6) is 11.5 Å². The highest BCUT2D eigenvalue weighted by atomic mass is 35.5. The van der Waals surface area contributed by atoms with Crippen LogP contribution in [0.2, 0.25) is 5.02 Å². The fraction of sp³-hybridized carbons (Fsp3) is 0.154. The molecule has 5 nitrogen and oxygen atoms in total. The number of ether oxygens (including phenoxy) is 2. The van der Waals surface area contributed by atoms with E-state index in [-0.39, 0.29) is 5.91 Å². The van der Waals surface area contributed by atoms with E-state index in [1.165, 1.54) is 5.56 Å². The van der Waals surface area contributed by atoms with Crippen molar-refractivity contribution < 1.29 is 14.3 Å². The molecule has 0 atom stereocenters. The number of nitrogens with zero attached hydrogens (tertiary/aromatic N) is 1. The van der Waals surface area contributed by atoms with Crippen molar-refractivity contribution in [2.75, 3.05) is 7.11 Å². The summed E-state index contributed by atoms with van der Waals surface area (Å²) in [6.07, 6.45) is 3.96. The molecule has 0 aliphatic rings. The molecule has 0 saturated heterocycles. The van der Waals surface area contributed by atoms with Crippen LogP contribution in [0.3, 0.4) is 0 Å². The van der Waals surface area contributed by atoms with Gasteiger partial charge in [-0.05, 0) is 60.9 Å². The van der Waals surface area contributed by atoms with Gasteiger partial charge in [0.2, 0.25) is 0 Å². The van der Waals surface area contributed by atoms with Gasteiger partial charge in [0, 0.05) is 16.1 Å². The van der Waals surface area contributed by atoms with Crippen molar-refractivity contribution in [1.29, 1.82) is 0 Å². The van der Waals surface area contributed by atoms with Crippen LogP contribution in [0.1, 0.15) is 32.6 Å². The third-order valence-corrected chi connectivity index (χ3v) is 4.98. The molecule has 0 aliphatic carbocycles. The maximum Gasteiger partial charge on any atom is 0.271 e. The first-order valence-corrected chi connectivity index (χ1v) is 10.5. The molecule has 0 bridgehead atoms. The first kappa shape index (κ1) is 23.1. The highest BCUT2D eigenvalue weighted by molar-refractivity contribution is 6.30. The topological polar surface area (TPSA) is 59.9 Å². The van der Waals surface area contributed by atoms with Crippen LogP contribution in [0.15, 0.2) is 78.4 Å². The van der Waals surface area contributed by atoms with Gasteiger partial charge in [0.05, 0.1) is 13.3 Å². The Morgan fingerprint density at radius 2 is 1.84 bits per heavy atom. The minimum Gasteiger partial charge on any atom is -0.493 e. The maximum absolute atomic E-state index is 12.2. The van der Waals surface area contributed by atoms with E-state index >= 15 is 0 Å². The van der Waals surface area contributed by atoms with E-state index in [1.54, 1.807) is 43.7 Å². The molecule has 1 amide bonds. The monoisotopic (exact) mass is 448 g/mol. The number of allylic oxidation sites excluding steroid dienone is 1. The zero-order valence-electron chi connectivity index (χ0n) is 18.1. The summed E-state index contributed by atoms with van der Waals surface area (Å²) in [4.78, 5) is 12.2. The van der Waals surface area contributed by atoms with Crippen molar-refractivity contribution in [2.24, 2.45) is 5.10 Å². The lowest BCUT2D eigenvalue weighted by Crippen LogP contribution is -2.17. The summed E-state index contributed by atoms with van der Waals surface area (Å²) in [5, 5.41) is 4.64. The number of benzene rings is 3. The lowest BCUT2D eigenvalue weighted by molar-refractivity contribution is 0.0955. The molecule has 3 rings (SSSR count). The Balaban J connectivity index is 1.76. The number of aryl methyl sites for hydroxylation is 1. The van der Waals surface area contributed by atoms with Gasteiger partial charge in [-0.2, -0.15) is 5.10 Å². The van der Waals surface area contributed by atoms with Crippen molar-refractivity contribution in [3.05, 3.63) is 106 Å². The number of nitrogens with one attached hydrogen (secondary N) is 1. The Morgan fingerprint density at radius 1 is 1.12 bits per heavy atom. The van der Waals surface area contributed by atoms with Crippen LogP contribution in [0, 0.1) is 6.92 Å². The molecule has 0 aliphatic heterocycles. The number of methoxy groups -OCH3 is 1. The summed E-state index contributed by atoms with van der Waals surface area (Å²) in [5.41, 5.74) is 6.93. The molecule has 0 heterocycles. The van der Waals surface area contributed by atoms with E-state index in [2.05, 4.69) is 29.2 Å². The molecule has 0 spiro atoms. The van der Waals surface area contributed by atoms with Crippen molar-refractivity contribution in [3.63, 3.8) is 0 Å². The van der Waals surface area contributed by atoms with Crippen LogP contribution in [-0.2, 0) is 13.0 Å². The Bertz CT molecular complexity index is 1110. The molecule has 3 aromatic carbocycles. The van der Waals surface area contributed by atoms with E-state index in [0.717, 1.165) is 16.7 Å². The SMILES string of the molecule is C=CCc1cc(/C=N\NC(=O)c2ccc(Cl)cc2)cc(OC)c1OCc1ccc(C)cc1. The lowest BCUT2D eigenvalue weighted by Gasteiger charge is -2.16. The first-order valence-electron chi connectivity index (χ1n) is 10.1. The van der Waals surface area contributed by atoms with Crippen LogP contribution < -0.4 is 14.9 Å². The van der Waals surface area contributed by atoms with Gasteiger partial charge in [0.1, 0.15) is 6.61 Å². The number of carbonyl (C=O) groups excluding carboxylic acids is 1. The predicted octanol–water partition coefficient (Wildman–Crippen LogP) is 5.73. The van der Waals surface area contributed by atoms with E-state index in [0.29, 0.717) is 35.1 Å². The molecular formula is C26H25ClN2O3. The number of hydrazone groups is 1. The van der Waals surface area contributed by atoms with Gasteiger partial charge < -0.3 is 9.47 Å². The lowest BCUT2D eigenvalue weighted by atomic mass is 10.1. The molecule has 164 valence electrons. The van der Waals surface area contributed by atoms with Gasteiger partial charge in [-0.1, -0.05) is 47.5 Å². The van der Waals surface area contributed by atoms with Crippen LogP contribution in [0.25, 0.3) is 0 Å². The second-order valence-electron chi connectivity index (χ2n) is 7.18. The number of halogens is 1. The van der Waals surface area contributed by atoms with E-state index in [9.17, 15) is 4.79 Å². The molecule has 6 heteroatoms. The van der Waals surface area contributed by atoms with Crippen LogP contribution >= 0.6 is 11.6 Å². The van der Waals surface area contributed by atoms with Gasteiger partial charge in [0.15, 0.2) is 11.5 Å². The van der Waals surface area contributed by atoms with Gasteiger partial charge in [-0.15, -0.1) is 6.58 Å². The summed E-state index contributed by atoms with van der Waals surface area (Å²) in [5.74, 6) is 0.923. The Morgan fingerprint density at radius 3 is 2.50 bits per heavy atom. The molecule has 0 aromatic heterocycles.